The van der Waals surface area contributed by atoms with Gasteiger partial charge < -0.3 is 5.73 Å². The molecular weight excluding hydrogens is 316 g/mol. The van der Waals surface area contributed by atoms with E-state index in [2.05, 4.69) is 22.9 Å². The van der Waals surface area contributed by atoms with Gasteiger partial charge in [0.1, 0.15) is 0 Å². The van der Waals surface area contributed by atoms with Crippen LogP contribution in [0, 0.1) is 11.8 Å². The van der Waals surface area contributed by atoms with E-state index < -0.39 is 10.0 Å². The molecule has 1 aromatic rings. The second-order valence-electron chi connectivity index (χ2n) is 4.95. The Balaban J connectivity index is 2.24. The van der Waals surface area contributed by atoms with Crippen molar-refractivity contribution in [2.75, 3.05) is 19.3 Å². The molecule has 2 unspecified atom stereocenters. The molecule has 0 saturated heterocycles. The van der Waals surface area contributed by atoms with Crippen molar-refractivity contribution in [3.05, 3.63) is 22.7 Å². The number of nitrogens with two attached hydrogens (primary N) is 1. The van der Waals surface area contributed by atoms with Gasteiger partial charge >= 0.3 is 0 Å². The zero-order valence-corrected chi connectivity index (χ0v) is 12.8. The van der Waals surface area contributed by atoms with E-state index in [0.29, 0.717) is 28.5 Å². The summed E-state index contributed by atoms with van der Waals surface area (Å²) in [5.74, 6) is 1.13. The fourth-order valence-electron chi connectivity index (χ4n) is 1.98. The molecule has 0 aliphatic heterocycles. The lowest BCUT2D eigenvalue weighted by molar-refractivity contribution is 0.444. The van der Waals surface area contributed by atoms with Gasteiger partial charge in [-0.25, -0.2) is 12.7 Å². The van der Waals surface area contributed by atoms with Gasteiger partial charge in [-0.3, -0.25) is 0 Å². The van der Waals surface area contributed by atoms with E-state index in [9.17, 15) is 8.42 Å². The molecule has 1 aromatic carbocycles. The summed E-state index contributed by atoms with van der Waals surface area (Å²) in [6.45, 7) is 2.73. The predicted molar refractivity (Wildman–Crippen MR) is 75.6 cm³/mol. The summed E-state index contributed by atoms with van der Waals surface area (Å²) in [6.07, 6.45) is 1.11. The van der Waals surface area contributed by atoms with Crippen LogP contribution in [-0.2, 0) is 10.0 Å². The van der Waals surface area contributed by atoms with E-state index in [1.54, 1.807) is 25.2 Å². The Labute approximate surface area is 116 Å². The van der Waals surface area contributed by atoms with Crippen LogP contribution in [0.5, 0.6) is 0 Å². The molecule has 18 heavy (non-hydrogen) atoms. The molecule has 2 atom stereocenters. The van der Waals surface area contributed by atoms with E-state index in [0.717, 1.165) is 6.42 Å². The highest BCUT2D eigenvalue weighted by molar-refractivity contribution is 9.10. The molecule has 1 saturated carbocycles. The second-order valence-corrected chi connectivity index (χ2v) is 7.82. The molecule has 2 N–H and O–H groups in total. The van der Waals surface area contributed by atoms with Gasteiger partial charge in [-0.05, 0) is 52.4 Å². The molecule has 0 heterocycles. The van der Waals surface area contributed by atoms with Gasteiger partial charge in [0, 0.05) is 23.8 Å². The number of nitrogens with zero attached hydrogens (tertiary/aromatic N) is 1. The van der Waals surface area contributed by atoms with Crippen LogP contribution >= 0.6 is 15.9 Å². The molecule has 1 aliphatic rings. The molecular formula is C12H17BrN2O2S. The lowest BCUT2D eigenvalue weighted by Crippen LogP contribution is -2.29. The van der Waals surface area contributed by atoms with Gasteiger partial charge in [0.25, 0.3) is 0 Å². The molecule has 100 valence electrons. The zero-order chi connectivity index (χ0) is 13.5. The smallest absolute Gasteiger partial charge is 0.243 e. The second kappa shape index (κ2) is 4.83. The maximum atomic E-state index is 12.4. The minimum atomic E-state index is -3.43. The molecule has 6 heteroatoms. The van der Waals surface area contributed by atoms with E-state index in [1.165, 1.54) is 4.31 Å². The van der Waals surface area contributed by atoms with Crippen LogP contribution in [0.3, 0.4) is 0 Å². The highest BCUT2D eigenvalue weighted by Gasteiger charge is 2.36. The maximum absolute atomic E-state index is 12.4. The van der Waals surface area contributed by atoms with E-state index in [-0.39, 0.29) is 4.90 Å². The average Bonchev–Trinajstić information content (AvgIpc) is 2.93. The molecule has 2 rings (SSSR count). The summed E-state index contributed by atoms with van der Waals surface area (Å²) in [5.41, 5.74) is 6.16. The van der Waals surface area contributed by atoms with Gasteiger partial charge in [-0.15, -0.1) is 0 Å². The third-order valence-corrected chi connectivity index (χ3v) is 6.21. The largest absolute Gasteiger partial charge is 0.399 e. The fourth-order valence-corrected chi connectivity index (χ4v) is 4.26. The monoisotopic (exact) mass is 332 g/mol. The van der Waals surface area contributed by atoms with Crippen LogP contribution in [0.25, 0.3) is 0 Å². The Morgan fingerprint density at radius 2 is 2.11 bits per heavy atom. The van der Waals surface area contributed by atoms with Crippen LogP contribution in [0.2, 0.25) is 0 Å². The quantitative estimate of drug-likeness (QED) is 0.860. The van der Waals surface area contributed by atoms with Crippen molar-refractivity contribution in [2.45, 2.75) is 18.2 Å². The number of hydrogen-bond acceptors (Lipinski definition) is 3. The summed E-state index contributed by atoms with van der Waals surface area (Å²) in [7, 11) is -1.81. The first-order valence-corrected chi connectivity index (χ1v) is 8.07. The number of sulfonamides is 1. The molecule has 0 amide bonds. The molecule has 4 nitrogen and oxygen atoms in total. The predicted octanol–water partition coefficient (Wildman–Crippen LogP) is 2.31. The van der Waals surface area contributed by atoms with Crippen molar-refractivity contribution in [1.29, 1.82) is 0 Å². The average molecular weight is 333 g/mol. The van der Waals surface area contributed by atoms with Crippen LogP contribution < -0.4 is 5.73 Å². The van der Waals surface area contributed by atoms with Gasteiger partial charge in [-0.2, -0.15) is 0 Å². The Kier molecular flexibility index (Phi) is 3.71. The van der Waals surface area contributed by atoms with Crippen LogP contribution in [0.4, 0.5) is 5.69 Å². The Morgan fingerprint density at radius 1 is 1.50 bits per heavy atom. The molecule has 0 aromatic heterocycles. The summed E-state index contributed by atoms with van der Waals surface area (Å²) >= 11 is 3.26. The SMILES string of the molecule is CC1CC1CN(C)S(=O)(=O)c1ccc(N)cc1Br. The normalized spacial score (nSPS) is 23.3. The first-order chi connectivity index (χ1) is 8.32. The highest BCUT2D eigenvalue weighted by atomic mass is 79.9. The number of nitrogen functional groups attached to an aromatic ring is 1. The number of anilines is 1. The van der Waals surface area contributed by atoms with Gasteiger partial charge in [0.2, 0.25) is 10.0 Å². The molecule has 0 spiro atoms. The van der Waals surface area contributed by atoms with Crippen molar-refractivity contribution in [3.8, 4) is 0 Å². The number of hydrogen-bond donors (Lipinski definition) is 1. The third-order valence-electron chi connectivity index (χ3n) is 3.41. The standard InChI is InChI=1S/C12H17BrN2O2S/c1-8-5-9(8)7-15(2)18(16,17)12-4-3-10(14)6-11(12)13/h3-4,6,8-9H,5,7,14H2,1-2H3. The minimum absolute atomic E-state index is 0.271. The van der Waals surface area contributed by atoms with Crippen LogP contribution in [-0.4, -0.2) is 26.3 Å². The van der Waals surface area contributed by atoms with Crippen LogP contribution in [0.1, 0.15) is 13.3 Å². The molecule has 0 bridgehead atoms. The Hall–Kier alpha value is -0.590. The number of rotatable bonds is 4. The van der Waals surface area contributed by atoms with Crippen molar-refractivity contribution >= 4 is 31.6 Å². The maximum Gasteiger partial charge on any atom is 0.243 e. The Bertz CT molecular complexity index is 559. The molecule has 0 radical (unpaired) electrons. The lowest BCUT2D eigenvalue weighted by Gasteiger charge is -2.18. The zero-order valence-electron chi connectivity index (χ0n) is 10.4. The van der Waals surface area contributed by atoms with Crippen molar-refractivity contribution < 1.29 is 8.42 Å². The third kappa shape index (κ3) is 2.70. The van der Waals surface area contributed by atoms with Gasteiger partial charge in [0.05, 0.1) is 4.90 Å². The summed E-state index contributed by atoms with van der Waals surface area (Å²) in [6, 6.07) is 4.76. The van der Waals surface area contributed by atoms with Crippen molar-refractivity contribution in [3.63, 3.8) is 0 Å². The topological polar surface area (TPSA) is 63.4 Å². The minimum Gasteiger partial charge on any atom is -0.399 e. The number of benzene rings is 1. The lowest BCUT2D eigenvalue weighted by atomic mass is 10.3. The summed E-state index contributed by atoms with van der Waals surface area (Å²) < 4.78 is 26.7. The molecule has 1 aliphatic carbocycles. The van der Waals surface area contributed by atoms with E-state index in [4.69, 9.17) is 5.73 Å². The van der Waals surface area contributed by atoms with Gasteiger partial charge in [0.15, 0.2) is 0 Å². The Morgan fingerprint density at radius 3 is 2.61 bits per heavy atom. The first-order valence-electron chi connectivity index (χ1n) is 5.83. The van der Waals surface area contributed by atoms with E-state index >= 15 is 0 Å². The highest BCUT2D eigenvalue weighted by Crippen LogP contribution is 2.39. The van der Waals surface area contributed by atoms with E-state index in [1.807, 2.05) is 0 Å². The first kappa shape index (κ1) is 13.8. The van der Waals surface area contributed by atoms with Gasteiger partial charge in [-0.1, -0.05) is 6.92 Å². The van der Waals surface area contributed by atoms with Crippen LogP contribution in [0.15, 0.2) is 27.6 Å². The number of halogens is 1. The molecule has 1 fully saturated rings. The van der Waals surface area contributed by atoms with Crippen molar-refractivity contribution in [1.82, 2.24) is 4.31 Å². The summed E-state index contributed by atoms with van der Waals surface area (Å²) in [4.78, 5) is 0.271. The van der Waals surface area contributed by atoms with Crippen molar-refractivity contribution in [2.24, 2.45) is 11.8 Å². The fraction of sp³-hybridized carbons (Fsp3) is 0.500. The summed E-state index contributed by atoms with van der Waals surface area (Å²) in [5, 5.41) is 0.